The van der Waals surface area contributed by atoms with E-state index in [0.29, 0.717) is 29.2 Å². The second-order valence-corrected chi connectivity index (χ2v) is 8.65. The minimum atomic E-state index is -0.952. The van der Waals surface area contributed by atoms with Gasteiger partial charge < -0.3 is 14.5 Å². The van der Waals surface area contributed by atoms with Crippen LogP contribution in [0.5, 0.6) is 5.75 Å². The minimum Gasteiger partial charge on any atom is -0.494 e. The molecule has 35 heavy (non-hydrogen) atoms. The topological polar surface area (TPSA) is 88.8 Å². The van der Waals surface area contributed by atoms with E-state index in [1.54, 1.807) is 60.7 Å². The maximum absolute atomic E-state index is 13.8. The maximum Gasteiger partial charge on any atom is 0.294 e. The highest BCUT2D eigenvalue weighted by molar-refractivity contribution is 6.09. The molecule has 7 heteroatoms. The lowest BCUT2D eigenvalue weighted by Gasteiger charge is -2.32. The van der Waals surface area contributed by atoms with Crippen LogP contribution in [0.15, 0.2) is 71.3 Å². The number of hydrogen-bond donors (Lipinski definition) is 1. The lowest BCUT2D eigenvalue weighted by Crippen LogP contribution is -2.46. The van der Waals surface area contributed by atoms with Crippen molar-refractivity contribution in [3.8, 4) is 5.75 Å². The zero-order valence-electron chi connectivity index (χ0n) is 20.0. The van der Waals surface area contributed by atoms with Crippen LogP contribution in [0.4, 0.5) is 5.69 Å². The Morgan fingerprint density at radius 3 is 2.29 bits per heavy atom. The van der Waals surface area contributed by atoms with Crippen LogP contribution in [0.1, 0.15) is 72.0 Å². The summed E-state index contributed by atoms with van der Waals surface area (Å²) in [7, 11) is 0. The molecule has 0 bridgehead atoms. The van der Waals surface area contributed by atoms with E-state index in [-0.39, 0.29) is 23.5 Å². The van der Waals surface area contributed by atoms with Gasteiger partial charge >= 0.3 is 0 Å². The lowest BCUT2D eigenvalue weighted by atomic mass is 10.0. The number of nitrogens with zero attached hydrogens (tertiary/aromatic N) is 1. The Balaban J connectivity index is 1.79. The summed E-state index contributed by atoms with van der Waals surface area (Å²) in [4.78, 5) is 40.7. The van der Waals surface area contributed by atoms with E-state index < -0.39 is 11.9 Å². The summed E-state index contributed by atoms with van der Waals surface area (Å²) in [6, 6.07) is 16.2. The van der Waals surface area contributed by atoms with Crippen molar-refractivity contribution in [3.63, 3.8) is 0 Å². The summed E-state index contributed by atoms with van der Waals surface area (Å²) in [5.41, 5.74) is 1.64. The van der Waals surface area contributed by atoms with Crippen molar-refractivity contribution in [1.29, 1.82) is 0 Å². The van der Waals surface area contributed by atoms with E-state index in [2.05, 4.69) is 5.32 Å². The number of rotatable bonds is 9. The molecule has 182 valence electrons. The fourth-order valence-corrected chi connectivity index (χ4v) is 4.44. The zero-order valence-corrected chi connectivity index (χ0v) is 20.0. The van der Waals surface area contributed by atoms with E-state index in [9.17, 15) is 14.4 Å². The van der Waals surface area contributed by atoms with Gasteiger partial charge in [0.25, 0.3) is 5.91 Å². The molecule has 0 spiro atoms. The SMILES string of the molecule is CCOc1ccc(C(C(=O)NC2CCCC2)N(C(=O)c2ccco2)c2ccc(C(C)=O)cc2)cc1. The number of carbonyl (C=O) groups excluding carboxylic acids is 3. The molecule has 1 fully saturated rings. The number of carbonyl (C=O) groups is 3. The summed E-state index contributed by atoms with van der Waals surface area (Å²) in [6.45, 7) is 3.91. The average Bonchev–Trinajstić information content (AvgIpc) is 3.58. The van der Waals surface area contributed by atoms with E-state index in [0.717, 1.165) is 25.7 Å². The Kier molecular flexibility index (Phi) is 7.65. The van der Waals surface area contributed by atoms with Gasteiger partial charge in [-0.05, 0) is 80.8 Å². The molecular formula is C28H30N2O5. The number of amides is 2. The highest BCUT2D eigenvalue weighted by Crippen LogP contribution is 2.32. The number of hydrogen-bond acceptors (Lipinski definition) is 5. The molecule has 1 aromatic heterocycles. The van der Waals surface area contributed by atoms with Gasteiger partial charge in [-0.2, -0.15) is 0 Å². The van der Waals surface area contributed by atoms with Gasteiger partial charge in [0.2, 0.25) is 5.91 Å². The van der Waals surface area contributed by atoms with Crippen molar-refractivity contribution >= 4 is 23.3 Å². The lowest BCUT2D eigenvalue weighted by molar-refractivity contribution is -0.123. The summed E-state index contributed by atoms with van der Waals surface area (Å²) in [6.07, 6.45) is 5.40. The van der Waals surface area contributed by atoms with Crippen molar-refractivity contribution in [3.05, 3.63) is 83.8 Å². The number of benzene rings is 2. The molecule has 0 radical (unpaired) electrons. The van der Waals surface area contributed by atoms with Gasteiger partial charge in [0.15, 0.2) is 11.5 Å². The van der Waals surface area contributed by atoms with E-state index in [1.807, 2.05) is 6.92 Å². The number of anilines is 1. The fourth-order valence-electron chi connectivity index (χ4n) is 4.44. The van der Waals surface area contributed by atoms with Gasteiger partial charge in [0, 0.05) is 17.3 Å². The maximum atomic E-state index is 13.8. The summed E-state index contributed by atoms with van der Waals surface area (Å²) < 4.78 is 11.0. The Morgan fingerprint density at radius 2 is 1.71 bits per heavy atom. The third-order valence-electron chi connectivity index (χ3n) is 6.22. The summed E-state index contributed by atoms with van der Waals surface area (Å²) in [5.74, 6) is -0.00341. The van der Waals surface area contributed by atoms with Gasteiger partial charge in [-0.15, -0.1) is 0 Å². The first-order chi connectivity index (χ1) is 17.0. The first-order valence-electron chi connectivity index (χ1n) is 12.0. The van der Waals surface area contributed by atoms with Gasteiger partial charge in [0.05, 0.1) is 12.9 Å². The molecule has 1 atom stereocenters. The molecule has 1 aliphatic carbocycles. The molecule has 1 heterocycles. The molecule has 2 amide bonds. The molecule has 1 unspecified atom stereocenters. The first-order valence-corrected chi connectivity index (χ1v) is 12.0. The van der Waals surface area contributed by atoms with E-state index in [4.69, 9.17) is 9.15 Å². The third-order valence-corrected chi connectivity index (χ3v) is 6.22. The van der Waals surface area contributed by atoms with Crippen LogP contribution >= 0.6 is 0 Å². The normalized spacial score (nSPS) is 14.3. The molecule has 3 aromatic rings. The van der Waals surface area contributed by atoms with Crippen molar-refractivity contribution in [2.45, 2.75) is 51.6 Å². The van der Waals surface area contributed by atoms with Crippen LogP contribution in [0.25, 0.3) is 0 Å². The quantitative estimate of drug-likeness (QED) is 0.424. The second-order valence-electron chi connectivity index (χ2n) is 8.65. The summed E-state index contributed by atoms with van der Waals surface area (Å²) in [5, 5.41) is 3.15. The predicted octanol–water partition coefficient (Wildman–Crippen LogP) is 5.33. The molecule has 4 rings (SSSR count). The van der Waals surface area contributed by atoms with Crippen LogP contribution in [-0.2, 0) is 4.79 Å². The standard InChI is InChI=1S/C28H30N2O5/c1-3-34-24-16-12-21(13-17-24)26(27(32)29-22-7-4-5-8-22)30(28(33)25-9-6-18-35-25)23-14-10-20(11-15-23)19(2)31/h6,9-18,22,26H,3-5,7-8H2,1-2H3,(H,29,32). The molecule has 1 aliphatic rings. The number of ether oxygens (including phenoxy) is 1. The Labute approximate surface area is 205 Å². The van der Waals surface area contributed by atoms with Crippen LogP contribution in [-0.4, -0.2) is 30.2 Å². The van der Waals surface area contributed by atoms with E-state index in [1.165, 1.54) is 18.1 Å². The monoisotopic (exact) mass is 474 g/mol. The molecule has 2 aromatic carbocycles. The highest BCUT2D eigenvalue weighted by Gasteiger charge is 2.35. The average molecular weight is 475 g/mol. The van der Waals surface area contributed by atoms with Crippen molar-refractivity contribution in [1.82, 2.24) is 5.32 Å². The van der Waals surface area contributed by atoms with Crippen LogP contribution in [0.3, 0.4) is 0 Å². The van der Waals surface area contributed by atoms with Crippen molar-refractivity contribution in [2.75, 3.05) is 11.5 Å². The number of Topliss-reactive ketones (excluding diaryl/α,β-unsaturated/α-hetero) is 1. The number of furan rings is 1. The minimum absolute atomic E-state index is 0.0772. The molecule has 1 saturated carbocycles. The van der Waals surface area contributed by atoms with Crippen LogP contribution < -0.4 is 15.0 Å². The van der Waals surface area contributed by atoms with E-state index >= 15 is 0 Å². The highest BCUT2D eigenvalue weighted by atomic mass is 16.5. The molecule has 0 saturated heterocycles. The van der Waals surface area contributed by atoms with Gasteiger partial charge in [-0.3, -0.25) is 19.3 Å². The first kappa shape index (κ1) is 24.3. The Morgan fingerprint density at radius 1 is 1.03 bits per heavy atom. The van der Waals surface area contributed by atoms with Crippen LogP contribution in [0, 0.1) is 0 Å². The van der Waals surface area contributed by atoms with Gasteiger partial charge in [-0.25, -0.2) is 0 Å². The second kappa shape index (κ2) is 11.0. The smallest absolute Gasteiger partial charge is 0.294 e. The summed E-state index contributed by atoms with van der Waals surface area (Å²) >= 11 is 0. The Hall–Kier alpha value is -3.87. The third kappa shape index (κ3) is 5.62. The molecule has 1 N–H and O–H groups in total. The zero-order chi connectivity index (χ0) is 24.8. The van der Waals surface area contributed by atoms with Gasteiger partial charge in [0.1, 0.15) is 11.8 Å². The predicted molar refractivity (Wildman–Crippen MR) is 133 cm³/mol. The fraction of sp³-hybridized carbons (Fsp3) is 0.321. The largest absolute Gasteiger partial charge is 0.494 e. The van der Waals surface area contributed by atoms with Crippen molar-refractivity contribution in [2.24, 2.45) is 0 Å². The van der Waals surface area contributed by atoms with Gasteiger partial charge in [-0.1, -0.05) is 25.0 Å². The number of nitrogens with one attached hydrogen (secondary N) is 1. The van der Waals surface area contributed by atoms with Crippen molar-refractivity contribution < 1.29 is 23.5 Å². The number of ketones is 1. The molecule has 0 aliphatic heterocycles. The Bertz CT molecular complexity index is 1150. The van der Waals surface area contributed by atoms with Crippen LogP contribution in [0.2, 0.25) is 0 Å². The molecular weight excluding hydrogens is 444 g/mol. The molecule has 7 nitrogen and oxygen atoms in total.